The first-order valence-electron chi connectivity index (χ1n) is 7.55. The van der Waals surface area contributed by atoms with Crippen molar-refractivity contribution in [1.29, 1.82) is 0 Å². The van der Waals surface area contributed by atoms with Crippen molar-refractivity contribution in [3.05, 3.63) is 40.3 Å². The summed E-state index contributed by atoms with van der Waals surface area (Å²) >= 11 is 0. The van der Waals surface area contributed by atoms with Gasteiger partial charge in [-0.15, -0.1) is 0 Å². The molecule has 0 bridgehead atoms. The minimum atomic E-state index is -1.55. The lowest BCUT2D eigenvalue weighted by Crippen LogP contribution is -2.22. The summed E-state index contributed by atoms with van der Waals surface area (Å²) in [5.41, 5.74) is 1.76. The fraction of sp³-hybridized carbons (Fsp3) is 0.389. The van der Waals surface area contributed by atoms with Crippen molar-refractivity contribution in [3.8, 4) is 11.5 Å². The van der Waals surface area contributed by atoms with E-state index in [0.717, 1.165) is 5.57 Å². The Morgan fingerprint density at radius 1 is 1.33 bits per heavy atom. The van der Waals surface area contributed by atoms with Crippen LogP contribution in [-0.4, -0.2) is 28.8 Å². The number of hydrogen-bond donors (Lipinski definition) is 0. The van der Waals surface area contributed by atoms with E-state index in [1.165, 1.54) is 0 Å². The summed E-state index contributed by atoms with van der Waals surface area (Å²) in [5, 5.41) is 0. The molecule has 5 nitrogen and oxygen atoms in total. The van der Waals surface area contributed by atoms with Crippen molar-refractivity contribution in [2.75, 3.05) is 13.7 Å². The molecular weight excluding hydrogens is 328 g/mol. The summed E-state index contributed by atoms with van der Waals surface area (Å²) in [6, 6.07) is 5.27. The lowest BCUT2D eigenvalue weighted by atomic mass is 10.1. The Morgan fingerprint density at radius 2 is 2.04 bits per heavy atom. The van der Waals surface area contributed by atoms with Gasteiger partial charge in [-0.1, -0.05) is 5.57 Å². The van der Waals surface area contributed by atoms with E-state index in [4.69, 9.17) is 14.2 Å². The van der Waals surface area contributed by atoms with Crippen LogP contribution in [0.4, 0.5) is 0 Å². The van der Waals surface area contributed by atoms with Crippen LogP contribution in [0.5, 0.6) is 11.5 Å². The van der Waals surface area contributed by atoms with Gasteiger partial charge in [0.05, 0.1) is 7.11 Å². The van der Waals surface area contributed by atoms with Gasteiger partial charge in [0.2, 0.25) is 0 Å². The van der Waals surface area contributed by atoms with Crippen LogP contribution in [0, 0.1) is 0 Å². The third-order valence-corrected chi connectivity index (χ3v) is 5.08. The summed E-state index contributed by atoms with van der Waals surface area (Å²) in [7, 11) is 0.00623. The number of methoxy groups -OCH3 is 1. The maximum Gasteiger partial charge on any atom is 0.348 e. The summed E-state index contributed by atoms with van der Waals surface area (Å²) in [6.07, 6.45) is 3.50. The molecule has 1 aromatic rings. The second-order valence-electron chi connectivity index (χ2n) is 6.06. The smallest absolute Gasteiger partial charge is 0.348 e. The highest BCUT2D eigenvalue weighted by atomic mass is 32.2. The summed E-state index contributed by atoms with van der Waals surface area (Å²) < 4.78 is 28.6. The van der Waals surface area contributed by atoms with Crippen LogP contribution < -0.4 is 9.47 Å². The molecule has 1 aliphatic heterocycles. The Hall–Kier alpha value is -2.08. The average Bonchev–Trinajstić information content (AvgIpc) is 2.70. The van der Waals surface area contributed by atoms with Gasteiger partial charge >= 0.3 is 5.97 Å². The van der Waals surface area contributed by atoms with E-state index in [9.17, 15) is 9.00 Å². The molecule has 1 unspecified atom stereocenters. The minimum Gasteiger partial charge on any atom is -0.497 e. The maximum absolute atomic E-state index is 12.4. The molecule has 24 heavy (non-hydrogen) atoms. The number of hydrogen-bond acceptors (Lipinski definition) is 5. The first-order valence-corrected chi connectivity index (χ1v) is 8.70. The average molecular weight is 350 g/mol. The highest BCUT2D eigenvalue weighted by Gasteiger charge is 2.43. The van der Waals surface area contributed by atoms with Crippen molar-refractivity contribution >= 4 is 22.8 Å². The van der Waals surface area contributed by atoms with E-state index >= 15 is 0 Å². The fourth-order valence-electron chi connectivity index (χ4n) is 2.10. The maximum atomic E-state index is 12.4. The number of cyclic esters (lactones) is 1. The zero-order chi connectivity index (χ0) is 17.9. The Kier molecular flexibility index (Phi) is 5.49. The molecule has 130 valence electrons. The first-order chi connectivity index (χ1) is 11.2. The van der Waals surface area contributed by atoms with Crippen LogP contribution >= 0.6 is 0 Å². The van der Waals surface area contributed by atoms with Crippen LogP contribution in [0.15, 0.2) is 34.8 Å². The predicted molar refractivity (Wildman–Crippen MR) is 94.2 cm³/mol. The molecule has 1 fully saturated rings. The third-order valence-electron chi connectivity index (χ3n) is 3.42. The van der Waals surface area contributed by atoms with Gasteiger partial charge in [-0.05, 0) is 58.0 Å². The number of carbonyl (C=O) groups is 1. The molecule has 2 rings (SSSR count). The summed E-state index contributed by atoms with van der Waals surface area (Å²) in [5.74, 6) is 0.625. The molecule has 1 saturated heterocycles. The highest BCUT2D eigenvalue weighted by Crippen LogP contribution is 2.34. The van der Waals surface area contributed by atoms with Gasteiger partial charge in [-0.2, -0.15) is 0 Å². The SMILES string of the molecule is COc1ccc(OCC=C(C)C)c(/C=C2/C(=O)OC(C)(C)S2=O)c1. The topological polar surface area (TPSA) is 61.8 Å². The third kappa shape index (κ3) is 4.06. The normalized spacial score (nSPS) is 20.6. The molecule has 0 amide bonds. The molecule has 0 N–H and O–H groups in total. The van der Waals surface area contributed by atoms with Gasteiger partial charge in [0.1, 0.15) is 33.8 Å². The number of rotatable bonds is 5. The van der Waals surface area contributed by atoms with Crippen molar-refractivity contribution in [2.24, 2.45) is 0 Å². The summed E-state index contributed by atoms with van der Waals surface area (Å²) in [4.78, 5) is 11.1. The summed E-state index contributed by atoms with van der Waals surface area (Å²) in [6.45, 7) is 7.63. The van der Waals surface area contributed by atoms with Crippen molar-refractivity contribution in [3.63, 3.8) is 0 Å². The van der Waals surface area contributed by atoms with Gasteiger partial charge in [0.15, 0.2) is 4.93 Å². The number of benzene rings is 1. The first kappa shape index (κ1) is 18.3. The van der Waals surface area contributed by atoms with Gasteiger partial charge in [-0.3, -0.25) is 0 Å². The van der Waals surface area contributed by atoms with Crippen LogP contribution in [0.2, 0.25) is 0 Å². The lowest BCUT2D eigenvalue weighted by Gasteiger charge is -2.12. The van der Waals surface area contributed by atoms with Crippen LogP contribution in [-0.2, 0) is 20.3 Å². The van der Waals surface area contributed by atoms with E-state index in [1.807, 2.05) is 19.9 Å². The van der Waals surface area contributed by atoms with Gasteiger partial charge in [-0.25, -0.2) is 9.00 Å². The number of ether oxygens (including phenoxy) is 3. The Balaban J connectivity index is 2.40. The molecule has 0 saturated carbocycles. The molecule has 1 heterocycles. The van der Waals surface area contributed by atoms with E-state index in [1.54, 1.807) is 45.2 Å². The van der Waals surface area contributed by atoms with Crippen LogP contribution in [0.25, 0.3) is 6.08 Å². The Labute approximate surface area is 144 Å². The van der Waals surface area contributed by atoms with Crippen molar-refractivity contribution in [1.82, 2.24) is 0 Å². The van der Waals surface area contributed by atoms with E-state index in [0.29, 0.717) is 23.7 Å². The number of esters is 1. The Morgan fingerprint density at radius 3 is 2.58 bits per heavy atom. The second kappa shape index (κ2) is 7.21. The molecule has 0 spiro atoms. The number of carbonyl (C=O) groups excluding carboxylic acids is 1. The lowest BCUT2D eigenvalue weighted by molar-refractivity contribution is -0.141. The molecule has 6 heteroatoms. The largest absolute Gasteiger partial charge is 0.497 e. The monoisotopic (exact) mass is 350 g/mol. The standard InChI is InChI=1S/C18H22O5S/c1-12(2)8-9-22-15-7-6-14(21-5)10-13(15)11-16-17(19)23-18(3,4)24(16)20/h6-8,10-11H,9H2,1-5H3/b16-11-. The van der Waals surface area contributed by atoms with E-state index in [2.05, 4.69) is 0 Å². The zero-order valence-corrected chi connectivity index (χ0v) is 15.4. The zero-order valence-electron chi connectivity index (χ0n) is 14.5. The fourth-order valence-corrected chi connectivity index (χ4v) is 3.21. The van der Waals surface area contributed by atoms with Crippen LogP contribution in [0.1, 0.15) is 33.3 Å². The quantitative estimate of drug-likeness (QED) is 0.462. The molecule has 0 radical (unpaired) electrons. The van der Waals surface area contributed by atoms with E-state index in [-0.39, 0.29) is 4.91 Å². The molecule has 1 aromatic carbocycles. The predicted octanol–water partition coefficient (Wildman–Crippen LogP) is 3.42. The van der Waals surface area contributed by atoms with Gasteiger partial charge < -0.3 is 14.2 Å². The molecular formula is C18H22O5S. The van der Waals surface area contributed by atoms with Gasteiger partial charge in [0.25, 0.3) is 0 Å². The van der Waals surface area contributed by atoms with Gasteiger partial charge in [0, 0.05) is 5.56 Å². The highest BCUT2D eigenvalue weighted by molar-refractivity contribution is 7.91. The molecule has 0 aliphatic carbocycles. The molecule has 1 atom stereocenters. The van der Waals surface area contributed by atoms with E-state index < -0.39 is 21.7 Å². The Bertz CT molecular complexity index is 727. The molecule has 1 aliphatic rings. The number of allylic oxidation sites excluding steroid dienone is 1. The van der Waals surface area contributed by atoms with Crippen LogP contribution in [0.3, 0.4) is 0 Å². The minimum absolute atomic E-state index is 0.125. The second-order valence-corrected chi connectivity index (χ2v) is 8.02. The van der Waals surface area contributed by atoms with Crippen molar-refractivity contribution in [2.45, 2.75) is 32.6 Å². The van der Waals surface area contributed by atoms with Crippen molar-refractivity contribution < 1.29 is 23.2 Å². The molecule has 0 aromatic heterocycles.